The molecule has 2 atom stereocenters. The maximum absolute atomic E-state index is 12.9. The van der Waals surface area contributed by atoms with Crippen molar-refractivity contribution in [2.45, 2.75) is 24.3 Å². The highest BCUT2D eigenvalue weighted by Crippen LogP contribution is 2.39. The highest BCUT2D eigenvalue weighted by atomic mass is 16.6. The van der Waals surface area contributed by atoms with Gasteiger partial charge >= 0.3 is 12.1 Å². The lowest BCUT2D eigenvalue weighted by molar-refractivity contribution is -0.233. The van der Waals surface area contributed by atoms with Gasteiger partial charge in [0.15, 0.2) is 0 Å². The number of carbonyl (C=O) groups is 2. The van der Waals surface area contributed by atoms with E-state index < -0.39 is 29.9 Å². The molecule has 3 rings (SSSR count). The van der Waals surface area contributed by atoms with Crippen molar-refractivity contribution in [3.63, 3.8) is 0 Å². The molecule has 0 radical (unpaired) electrons. The highest BCUT2D eigenvalue weighted by Gasteiger charge is 2.64. The molecule has 2 aromatic carbocycles. The summed E-state index contributed by atoms with van der Waals surface area (Å²) >= 11 is 0. The van der Waals surface area contributed by atoms with Gasteiger partial charge in [0, 0.05) is 6.54 Å². The summed E-state index contributed by atoms with van der Waals surface area (Å²) in [5, 5.41) is 20.3. The summed E-state index contributed by atoms with van der Waals surface area (Å²) in [5.74, 6) is -1.48. The van der Waals surface area contributed by atoms with Gasteiger partial charge in [-0.25, -0.2) is 9.59 Å². The van der Waals surface area contributed by atoms with Crippen LogP contribution in [-0.4, -0.2) is 52.7 Å². The Morgan fingerprint density at radius 3 is 2.34 bits per heavy atom. The third-order valence-corrected chi connectivity index (χ3v) is 5.08. The normalized spacial score (nSPS) is 21.2. The number of aliphatic hydroxyl groups excluding tert-OH is 1. The zero-order chi connectivity index (χ0) is 20.9. The Hall–Kier alpha value is -2.94. The number of carbonyl (C=O) groups excluding carboxylic acids is 1. The number of aliphatic hydroxyl groups is 1. The molecule has 1 amide bonds. The van der Waals surface area contributed by atoms with Crippen molar-refractivity contribution in [3.8, 4) is 0 Å². The first kappa shape index (κ1) is 20.8. The summed E-state index contributed by atoms with van der Waals surface area (Å²) in [5.41, 5.74) is 3.30. The van der Waals surface area contributed by atoms with Crippen LogP contribution in [0.5, 0.6) is 0 Å². The average molecular weight is 400 g/mol. The van der Waals surface area contributed by atoms with Crippen molar-refractivity contribution in [2.24, 2.45) is 5.73 Å². The number of hydrogen-bond acceptors (Lipinski definition) is 6. The van der Waals surface area contributed by atoms with Crippen LogP contribution in [0.15, 0.2) is 60.7 Å². The molecular formula is C21H24N2O6. The SMILES string of the molecule is N[C@@](CO)(c1ccccc1)[C@@]1(C(=O)O)OCCCN1C(=O)OCc1ccccc1. The second-order valence-electron chi connectivity index (χ2n) is 6.84. The first-order valence-corrected chi connectivity index (χ1v) is 9.26. The van der Waals surface area contributed by atoms with Crippen LogP contribution in [0.1, 0.15) is 17.5 Å². The monoisotopic (exact) mass is 400 g/mol. The van der Waals surface area contributed by atoms with Crippen molar-refractivity contribution < 1.29 is 29.3 Å². The van der Waals surface area contributed by atoms with E-state index >= 15 is 0 Å². The fourth-order valence-electron chi connectivity index (χ4n) is 3.56. The predicted molar refractivity (Wildman–Crippen MR) is 104 cm³/mol. The van der Waals surface area contributed by atoms with Gasteiger partial charge in [0.25, 0.3) is 5.72 Å². The molecule has 0 bridgehead atoms. The molecule has 1 saturated heterocycles. The van der Waals surface area contributed by atoms with Crippen LogP contribution in [-0.2, 0) is 26.4 Å². The smallest absolute Gasteiger partial charge is 0.412 e. The van der Waals surface area contributed by atoms with Crippen LogP contribution >= 0.6 is 0 Å². The Kier molecular flexibility index (Phi) is 6.17. The van der Waals surface area contributed by atoms with E-state index in [1.807, 2.05) is 6.07 Å². The molecule has 4 N–H and O–H groups in total. The number of aliphatic carboxylic acids is 1. The molecule has 154 valence electrons. The molecule has 1 fully saturated rings. The van der Waals surface area contributed by atoms with Crippen LogP contribution in [0.3, 0.4) is 0 Å². The van der Waals surface area contributed by atoms with Gasteiger partial charge in [-0.2, -0.15) is 0 Å². The minimum Gasteiger partial charge on any atom is -0.478 e. The lowest BCUT2D eigenvalue weighted by atomic mass is 9.79. The van der Waals surface area contributed by atoms with Gasteiger partial charge in [0.2, 0.25) is 0 Å². The van der Waals surface area contributed by atoms with Gasteiger partial charge < -0.3 is 25.4 Å². The molecule has 8 nitrogen and oxygen atoms in total. The maximum atomic E-state index is 12.9. The average Bonchev–Trinajstić information content (AvgIpc) is 2.77. The van der Waals surface area contributed by atoms with Crippen LogP contribution in [0.4, 0.5) is 4.79 Å². The molecule has 8 heteroatoms. The number of rotatable bonds is 6. The van der Waals surface area contributed by atoms with E-state index in [1.165, 1.54) is 0 Å². The van der Waals surface area contributed by atoms with Crippen LogP contribution in [0.25, 0.3) is 0 Å². The largest absolute Gasteiger partial charge is 0.478 e. The Morgan fingerprint density at radius 1 is 1.14 bits per heavy atom. The van der Waals surface area contributed by atoms with Crippen molar-refractivity contribution in [3.05, 3.63) is 71.8 Å². The molecule has 1 aliphatic heterocycles. The van der Waals surface area contributed by atoms with Crippen LogP contribution in [0.2, 0.25) is 0 Å². The molecule has 1 heterocycles. The van der Waals surface area contributed by atoms with Crippen molar-refractivity contribution in [1.82, 2.24) is 4.90 Å². The summed E-state index contributed by atoms with van der Waals surface area (Å²) < 4.78 is 11.0. The molecule has 0 aromatic heterocycles. The van der Waals surface area contributed by atoms with Crippen LogP contribution in [0, 0.1) is 0 Å². The Morgan fingerprint density at radius 2 is 1.76 bits per heavy atom. The highest BCUT2D eigenvalue weighted by molar-refractivity contribution is 5.85. The minimum absolute atomic E-state index is 0.0338. The second kappa shape index (κ2) is 8.60. The molecule has 0 unspecified atom stereocenters. The third-order valence-electron chi connectivity index (χ3n) is 5.08. The van der Waals surface area contributed by atoms with Gasteiger partial charge in [-0.15, -0.1) is 0 Å². The first-order chi connectivity index (χ1) is 14.0. The van der Waals surface area contributed by atoms with E-state index in [2.05, 4.69) is 0 Å². The Bertz CT molecular complexity index is 847. The minimum atomic E-state index is -2.32. The van der Waals surface area contributed by atoms with Gasteiger partial charge in [-0.1, -0.05) is 60.7 Å². The van der Waals surface area contributed by atoms with E-state index in [1.54, 1.807) is 54.6 Å². The first-order valence-electron chi connectivity index (χ1n) is 9.26. The van der Waals surface area contributed by atoms with E-state index in [0.717, 1.165) is 10.5 Å². The van der Waals surface area contributed by atoms with Crippen molar-refractivity contribution in [1.29, 1.82) is 0 Å². The van der Waals surface area contributed by atoms with Gasteiger partial charge in [-0.05, 0) is 17.5 Å². The topological polar surface area (TPSA) is 122 Å². The lowest BCUT2D eigenvalue weighted by Gasteiger charge is -2.51. The zero-order valence-electron chi connectivity index (χ0n) is 15.9. The Labute approximate surface area is 168 Å². The Balaban J connectivity index is 1.97. The number of nitrogens with zero attached hydrogens (tertiary/aromatic N) is 1. The van der Waals surface area contributed by atoms with E-state index in [0.29, 0.717) is 12.0 Å². The summed E-state index contributed by atoms with van der Waals surface area (Å²) in [6.07, 6.45) is -0.471. The van der Waals surface area contributed by atoms with E-state index in [9.17, 15) is 19.8 Å². The lowest BCUT2D eigenvalue weighted by Crippen LogP contribution is -2.76. The fourth-order valence-corrected chi connectivity index (χ4v) is 3.56. The molecule has 0 aliphatic carbocycles. The number of hydrogen-bond donors (Lipinski definition) is 3. The number of carboxylic acid groups (broad SMARTS) is 1. The third kappa shape index (κ3) is 3.69. The van der Waals surface area contributed by atoms with Crippen molar-refractivity contribution in [2.75, 3.05) is 19.8 Å². The van der Waals surface area contributed by atoms with E-state index in [4.69, 9.17) is 15.2 Å². The van der Waals surface area contributed by atoms with Gasteiger partial charge in [-0.3, -0.25) is 4.90 Å². The van der Waals surface area contributed by atoms with Crippen LogP contribution < -0.4 is 5.73 Å². The molecular weight excluding hydrogens is 376 g/mol. The number of carboxylic acids is 1. The number of amides is 1. The predicted octanol–water partition coefficient (Wildman–Crippen LogP) is 1.67. The number of nitrogens with two attached hydrogens (primary N) is 1. The second-order valence-corrected chi connectivity index (χ2v) is 6.84. The van der Waals surface area contributed by atoms with Gasteiger partial charge in [0.1, 0.15) is 12.1 Å². The van der Waals surface area contributed by atoms with E-state index in [-0.39, 0.29) is 19.8 Å². The maximum Gasteiger partial charge on any atom is 0.412 e. The summed E-state index contributed by atoms with van der Waals surface area (Å²) in [4.78, 5) is 26.4. The number of ether oxygens (including phenoxy) is 2. The van der Waals surface area contributed by atoms with Gasteiger partial charge in [0.05, 0.1) is 13.2 Å². The molecule has 0 saturated carbocycles. The number of benzene rings is 2. The molecule has 0 spiro atoms. The summed E-state index contributed by atoms with van der Waals surface area (Å²) in [7, 11) is 0. The molecule has 2 aromatic rings. The summed E-state index contributed by atoms with van der Waals surface area (Å²) in [6, 6.07) is 17.3. The standard InChI is InChI=1S/C21H24N2O6/c22-20(15-24,17-10-5-2-6-11-17)21(18(25)26)23(12-7-13-29-21)19(27)28-14-16-8-3-1-4-9-16/h1-6,8-11,24H,7,12-15,22H2,(H,25,26)/t20-,21+/m0/s1. The quantitative estimate of drug-likeness (QED) is 0.674. The zero-order valence-corrected chi connectivity index (χ0v) is 15.9. The molecule has 1 aliphatic rings. The summed E-state index contributed by atoms with van der Waals surface area (Å²) in [6.45, 7) is -0.661. The van der Waals surface area contributed by atoms with Crippen molar-refractivity contribution >= 4 is 12.1 Å². The molecule has 29 heavy (non-hydrogen) atoms. The fraction of sp³-hybridized carbons (Fsp3) is 0.333.